The molecule has 6 nitrogen and oxygen atoms in total. The molecular weight excluding hydrogens is 342 g/mol. The van der Waals surface area contributed by atoms with Gasteiger partial charge in [-0.1, -0.05) is 24.3 Å². The van der Waals surface area contributed by atoms with Gasteiger partial charge < -0.3 is 15.4 Å². The highest BCUT2D eigenvalue weighted by Crippen LogP contribution is 2.28. The van der Waals surface area contributed by atoms with Crippen molar-refractivity contribution in [2.75, 3.05) is 10.6 Å². The summed E-state index contributed by atoms with van der Waals surface area (Å²) in [5.74, 6) is 0.239. The summed E-state index contributed by atoms with van der Waals surface area (Å²) in [5, 5.41) is 5.61. The molecular formula is C21H17N3O3. The van der Waals surface area contributed by atoms with E-state index in [0.29, 0.717) is 23.4 Å². The molecule has 0 radical (unpaired) electrons. The molecule has 27 heavy (non-hydrogen) atoms. The van der Waals surface area contributed by atoms with Crippen molar-refractivity contribution in [1.29, 1.82) is 0 Å². The highest BCUT2D eigenvalue weighted by Gasteiger charge is 2.28. The predicted octanol–water partition coefficient (Wildman–Crippen LogP) is 3.28. The van der Waals surface area contributed by atoms with Crippen molar-refractivity contribution >= 4 is 23.2 Å². The van der Waals surface area contributed by atoms with Crippen molar-refractivity contribution in [2.45, 2.75) is 12.5 Å². The Hall–Kier alpha value is -3.67. The van der Waals surface area contributed by atoms with Gasteiger partial charge in [0.2, 0.25) is 0 Å². The number of hydrogen-bond acceptors (Lipinski definition) is 4. The first-order chi connectivity index (χ1) is 13.2. The first-order valence-electron chi connectivity index (χ1n) is 8.56. The second-order valence-corrected chi connectivity index (χ2v) is 6.18. The highest BCUT2D eigenvalue weighted by molar-refractivity contribution is 6.05. The van der Waals surface area contributed by atoms with Crippen LogP contribution < -0.4 is 15.4 Å². The molecule has 2 aromatic carbocycles. The summed E-state index contributed by atoms with van der Waals surface area (Å²) in [7, 11) is 0. The summed E-state index contributed by atoms with van der Waals surface area (Å²) in [4.78, 5) is 28.8. The molecule has 1 aromatic heterocycles. The fraction of sp³-hybridized carbons (Fsp3) is 0.0952. The van der Waals surface area contributed by atoms with Crippen LogP contribution in [-0.4, -0.2) is 22.9 Å². The lowest BCUT2D eigenvalue weighted by atomic mass is 10.1. The zero-order valence-electron chi connectivity index (χ0n) is 14.4. The molecule has 2 heterocycles. The molecule has 6 heteroatoms. The summed E-state index contributed by atoms with van der Waals surface area (Å²) in [6.07, 6.45) is 3.17. The fourth-order valence-electron chi connectivity index (χ4n) is 2.93. The number of aromatic nitrogens is 1. The third-order valence-electron chi connectivity index (χ3n) is 4.27. The molecule has 134 valence electrons. The van der Waals surface area contributed by atoms with Crippen LogP contribution in [0.3, 0.4) is 0 Å². The van der Waals surface area contributed by atoms with E-state index in [1.54, 1.807) is 48.8 Å². The van der Waals surface area contributed by atoms with E-state index in [2.05, 4.69) is 15.6 Å². The number of rotatable bonds is 4. The van der Waals surface area contributed by atoms with Crippen LogP contribution in [0.2, 0.25) is 0 Å². The minimum Gasteiger partial charge on any atom is -0.480 e. The number of carbonyl (C=O) groups is 2. The van der Waals surface area contributed by atoms with Crippen LogP contribution in [0.25, 0.3) is 0 Å². The Labute approximate surface area is 156 Å². The van der Waals surface area contributed by atoms with Gasteiger partial charge in [-0.3, -0.25) is 14.6 Å². The average Bonchev–Trinajstić information content (AvgIpc) is 3.13. The summed E-state index contributed by atoms with van der Waals surface area (Å²) in [6.45, 7) is 0. The minimum atomic E-state index is -0.572. The summed E-state index contributed by atoms with van der Waals surface area (Å²) >= 11 is 0. The fourth-order valence-corrected chi connectivity index (χ4v) is 2.93. The molecule has 3 aromatic rings. The topological polar surface area (TPSA) is 80.3 Å². The van der Waals surface area contributed by atoms with E-state index < -0.39 is 6.10 Å². The third-order valence-corrected chi connectivity index (χ3v) is 4.27. The summed E-state index contributed by atoms with van der Waals surface area (Å²) in [6, 6.07) is 17.8. The molecule has 0 saturated heterocycles. The van der Waals surface area contributed by atoms with Gasteiger partial charge in [-0.05, 0) is 42.0 Å². The molecule has 0 fully saturated rings. The molecule has 0 aliphatic carbocycles. The number of pyridine rings is 1. The molecule has 0 saturated carbocycles. The molecule has 1 aliphatic rings. The largest absolute Gasteiger partial charge is 0.480 e. The summed E-state index contributed by atoms with van der Waals surface area (Å²) < 4.78 is 5.70. The van der Waals surface area contributed by atoms with Crippen molar-refractivity contribution in [3.05, 3.63) is 84.2 Å². The Kier molecular flexibility index (Phi) is 4.53. The quantitative estimate of drug-likeness (QED) is 0.749. The van der Waals surface area contributed by atoms with Gasteiger partial charge in [-0.25, -0.2) is 0 Å². The van der Waals surface area contributed by atoms with Crippen LogP contribution in [0.1, 0.15) is 15.9 Å². The van der Waals surface area contributed by atoms with Gasteiger partial charge in [0.05, 0.1) is 0 Å². The maximum Gasteiger partial charge on any atom is 0.265 e. The predicted molar refractivity (Wildman–Crippen MR) is 102 cm³/mol. The van der Waals surface area contributed by atoms with Crippen LogP contribution in [0.15, 0.2) is 73.1 Å². The van der Waals surface area contributed by atoms with E-state index in [1.165, 1.54) is 0 Å². The van der Waals surface area contributed by atoms with Gasteiger partial charge in [0.1, 0.15) is 5.75 Å². The maximum absolute atomic E-state index is 12.5. The lowest BCUT2D eigenvalue weighted by Gasteiger charge is -2.12. The molecule has 4 rings (SSSR count). The van der Waals surface area contributed by atoms with Crippen molar-refractivity contribution < 1.29 is 14.3 Å². The second-order valence-electron chi connectivity index (χ2n) is 6.18. The van der Waals surface area contributed by atoms with Crippen LogP contribution in [0.5, 0.6) is 5.75 Å². The summed E-state index contributed by atoms with van der Waals surface area (Å²) in [5.41, 5.74) is 2.66. The molecule has 2 amide bonds. The third kappa shape index (κ3) is 3.79. The first kappa shape index (κ1) is 16.8. The molecule has 1 unspecified atom stereocenters. The van der Waals surface area contributed by atoms with E-state index >= 15 is 0 Å². The molecule has 1 aliphatic heterocycles. The Balaban J connectivity index is 1.42. The standard InChI is InChI=1S/C21H17N3O3/c25-20(23-16-8-10-22-11-9-16)15-5-3-6-17(12-15)24-21(26)19-13-14-4-1-2-7-18(14)27-19/h1-12,19H,13H2,(H,24,26)(H,22,23,25). The monoisotopic (exact) mass is 359 g/mol. The number of nitrogens with one attached hydrogen (secondary N) is 2. The van der Waals surface area contributed by atoms with E-state index in [-0.39, 0.29) is 11.8 Å². The number of nitrogens with zero attached hydrogens (tertiary/aromatic N) is 1. The Morgan fingerprint density at radius 1 is 0.926 bits per heavy atom. The van der Waals surface area contributed by atoms with Crippen LogP contribution in [0.4, 0.5) is 11.4 Å². The van der Waals surface area contributed by atoms with E-state index in [4.69, 9.17) is 4.74 Å². The number of anilines is 2. The van der Waals surface area contributed by atoms with Gasteiger partial charge in [0, 0.05) is 35.8 Å². The highest BCUT2D eigenvalue weighted by atomic mass is 16.5. The van der Waals surface area contributed by atoms with Gasteiger partial charge in [0.25, 0.3) is 11.8 Å². The van der Waals surface area contributed by atoms with E-state index in [1.807, 2.05) is 24.3 Å². The van der Waals surface area contributed by atoms with Crippen LogP contribution in [0, 0.1) is 0 Å². The SMILES string of the molecule is O=C(Nc1ccncc1)c1cccc(NC(=O)C2Cc3ccccc3O2)c1. The smallest absolute Gasteiger partial charge is 0.265 e. The van der Waals surface area contributed by atoms with Crippen molar-refractivity contribution in [3.8, 4) is 5.75 Å². The minimum absolute atomic E-state index is 0.238. The zero-order chi connectivity index (χ0) is 18.6. The number of hydrogen-bond donors (Lipinski definition) is 2. The van der Waals surface area contributed by atoms with Gasteiger partial charge in [0.15, 0.2) is 6.10 Å². The average molecular weight is 359 g/mol. The van der Waals surface area contributed by atoms with Crippen LogP contribution in [-0.2, 0) is 11.2 Å². The van der Waals surface area contributed by atoms with E-state index in [9.17, 15) is 9.59 Å². The normalized spacial score (nSPS) is 14.7. The maximum atomic E-state index is 12.5. The number of para-hydroxylation sites is 1. The lowest BCUT2D eigenvalue weighted by Crippen LogP contribution is -2.31. The lowest BCUT2D eigenvalue weighted by molar-refractivity contribution is -0.122. The Bertz CT molecular complexity index is 964. The van der Waals surface area contributed by atoms with E-state index in [0.717, 1.165) is 11.3 Å². The Morgan fingerprint density at radius 3 is 2.56 bits per heavy atom. The molecule has 1 atom stereocenters. The first-order valence-corrected chi connectivity index (χ1v) is 8.56. The number of amides is 2. The number of ether oxygens (including phenoxy) is 1. The van der Waals surface area contributed by atoms with Crippen LogP contribution >= 0.6 is 0 Å². The number of benzene rings is 2. The molecule has 2 N–H and O–H groups in total. The van der Waals surface area contributed by atoms with Crippen molar-refractivity contribution in [3.63, 3.8) is 0 Å². The Morgan fingerprint density at radius 2 is 1.74 bits per heavy atom. The molecule has 0 spiro atoms. The number of fused-ring (bicyclic) bond motifs is 1. The van der Waals surface area contributed by atoms with Crippen molar-refractivity contribution in [2.24, 2.45) is 0 Å². The van der Waals surface area contributed by atoms with Gasteiger partial charge in [-0.2, -0.15) is 0 Å². The van der Waals surface area contributed by atoms with Gasteiger partial charge >= 0.3 is 0 Å². The molecule has 0 bridgehead atoms. The zero-order valence-corrected chi connectivity index (χ0v) is 14.4. The second kappa shape index (κ2) is 7.29. The van der Waals surface area contributed by atoms with Gasteiger partial charge in [-0.15, -0.1) is 0 Å². The number of carbonyl (C=O) groups excluding carboxylic acids is 2. The van der Waals surface area contributed by atoms with Crippen molar-refractivity contribution in [1.82, 2.24) is 4.98 Å².